The average Bonchev–Trinajstić information content (AvgIpc) is 2.45. The standard InChI is InChI=1S/C15H19NO4/c1-10(2)11-7-5-6-8-12(11)16-13(15(18)20-4)9-14(17)19-3/h5-10,16H,1-4H3/b13-9+. The first-order valence-electron chi connectivity index (χ1n) is 6.23. The van der Waals surface area contributed by atoms with Gasteiger partial charge >= 0.3 is 11.9 Å². The van der Waals surface area contributed by atoms with Crippen LogP contribution in [0.25, 0.3) is 0 Å². The van der Waals surface area contributed by atoms with Crippen LogP contribution in [0.15, 0.2) is 36.0 Å². The summed E-state index contributed by atoms with van der Waals surface area (Å²) in [6.45, 7) is 4.09. The van der Waals surface area contributed by atoms with Crippen molar-refractivity contribution in [2.45, 2.75) is 19.8 Å². The molecule has 5 heteroatoms. The summed E-state index contributed by atoms with van der Waals surface area (Å²) in [5.41, 5.74) is 1.82. The third-order valence-corrected chi connectivity index (χ3v) is 2.72. The van der Waals surface area contributed by atoms with Crippen LogP contribution in [0.4, 0.5) is 5.69 Å². The van der Waals surface area contributed by atoms with Gasteiger partial charge in [-0.1, -0.05) is 32.0 Å². The second kappa shape index (κ2) is 7.33. The molecule has 0 spiro atoms. The van der Waals surface area contributed by atoms with E-state index in [1.54, 1.807) is 0 Å². The maximum Gasteiger partial charge on any atom is 0.354 e. The highest BCUT2D eigenvalue weighted by Gasteiger charge is 2.15. The Bertz CT molecular complexity index is 520. The molecule has 20 heavy (non-hydrogen) atoms. The summed E-state index contributed by atoms with van der Waals surface area (Å²) in [6.07, 6.45) is 1.07. The van der Waals surface area contributed by atoms with E-state index >= 15 is 0 Å². The molecule has 0 unspecified atom stereocenters. The number of benzene rings is 1. The van der Waals surface area contributed by atoms with Crippen LogP contribution in [-0.2, 0) is 19.1 Å². The van der Waals surface area contributed by atoms with Crippen LogP contribution in [0.5, 0.6) is 0 Å². The topological polar surface area (TPSA) is 64.6 Å². The van der Waals surface area contributed by atoms with Gasteiger partial charge < -0.3 is 14.8 Å². The molecule has 0 aliphatic heterocycles. The lowest BCUT2D eigenvalue weighted by Gasteiger charge is -2.15. The minimum absolute atomic E-state index is 0.0347. The van der Waals surface area contributed by atoms with Gasteiger partial charge in [0.15, 0.2) is 0 Å². The number of ether oxygens (including phenoxy) is 2. The number of methoxy groups -OCH3 is 2. The van der Waals surface area contributed by atoms with Crippen molar-refractivity contribution in [2.75, 3.05) is 19.5 Å². The van der Waals surface area contributed by atoms with Gasteiger partial charge in [0.25, 0.3) is 0 Å². The van der Waals surface area contributed by atoms with E-state index in [-0.39, 0.29) is 11.6 Å². The molecule has 0 radical (unpaired) electrons. The van der Waals surface area contributed by atoms with Crippen LogP contribution in [-0.4, -0.2) is 26.2 Å². The molecule has 0 aliphatic carbocycles. The quantitative estimate of drug-likeness (QED) is 0.661. The highest BCUT2D eigenvalue weighted by Crippen LogP contribution is 2.25. The molecule has 0 amide bonds. The summed E-state index contributed by atoms with van der Waals surface area (Å²) in [5, 5.41) is 2.93. The lowest BCUT2D eigenvalue weighted by Crippen LogP contribution is -2.16. The number of carbonyl (C=O) groups excluding carboxylic acids is 2. The molecule has 0 atom stereocenters. The molecule has 0 fully saturated rings. The molecule has 0 heterocycles. The first kappa shape index (κ1) is 15.8. The maximum absolute atomic E-state index is 11.7. The minimum atomic E-state index is -0.631. The van der Waals surface area contributed by atoms with Gasteiger partial charge in [0.05, 0.1) is 20.3 Å². The fourth-order valence-electron chi connectivity index (χ4n) is 1.69. The normalized spacial score (nSPS) is 11.2. The summed E-state index contributed by atoms with van der Waals surface area (Å²) < 4.78 is 9.18. The predicted octanol–water partition coefficient (Wildman–Crippen LogP) is 2.45. The Morgan fingerprint density at radius 3 is 2.35 bits per heavy atom. The molecule has 0 aromatic heterocycles. The summed E-state index contributed by atoms with van der Waals surface area (Å²) in [7, 11) is 2.50. The first-order chi connectivity index (χ1) is 9.49. The van der Waals surface area contributed by atoms with Gasteiger partial charge in [-0.3, -0.25) is 0 Å². The smallest absolute Gasteiger partial charge is 0.354 e. The number of carbonyl (C=O) groups is 2. The summed E-state index contributed by atoms with van der Waals surface area (Å²) >= 11 is 0. The lowest BCUT2D eigenvalue weighted by molar-refractivity contribution is -0.138. The Morgan fingerprint density at radius 1 is 1.15 bits per heavy atom. The molecule has 5 nitrogen and oxygen atoms in total. The Kier molecular flexibility index (Phi) is 5.77. The number of hydrogen-bond acceptors (Lipinski definition) is 5. The molecule has 108 valence electrons. The summed E-state index contributed by atoms with van der Waals surface area (Å²) in [4.78, 5) is 23.0. The van der Waals surface area contributed by atoms with E-state index in [0.29, 0.717) is 0 Å². The largest absolute Gasteiger partial charge is 0.466 e. The zero-order valence-corrected chi connectivity index (χ0v) is 12.1. The fourth-order valence-corrected chi connectivity index (χ4v) is 1.69. The molecule has 0 aliphatic rings. The molecule has 0 saturated carbocycles. The third kappa shape index (κ3) is 4.12. The molecule has 1 rings (SSSR count). The number of anilines is 1. The van der Waals surface area contributed by atoms with Crippen molar-refractivity contribution in [1.82, 2.24) is 0 Å². The molecule has 1 aromatic carbocycles. The average molecular weight is 277 g/mol. The molecular formula is C15H19NO4. The van der Waals surface area contributed by atoms with Gasteiger partial charge in [-0.25, -0.2) is 9.59 Å². The Hall–Kier alpha value is -2.30. The van der Waals surface area contributed by atoms with Crippen molar-refractivity contribution in [3.05, 3.63) is 41.6 Å². The van der Waals surface area contributed by atoms with E-state index in [2.05, 4.69) is 14.8 Å². The van der Waals surface area contributed by atoms with E-state index in [4.69, 9.17) is 0 Å². The van der Waals surface area contributed by atoms with Crippen molar-refractivity contribution in [3.63, 3.8) is 0 Å². The number of rotatable bonds is 5. The third-order valence-electron chi connectivity index (χ3n) is 2.72. The van der Waals surface area contributed by atoms with Crippen LogP contribution < -0.4 is 5.32 Å². The predicted molar refractivity (Wildman–Crippen MR) is 76.3 cm³/mol. The Morgan fingerprint density at radius 2 is 1.80 bits per heavy atom. The molecule has 0 bridgehead atoms. The highest BCUT2D eigenvalue weighted by molar-refractivity contribution is 5.98. The van der Waals surface area contributed by atoms with Crippen molar-refractivity contribution in [1.29, 1.82) is 0 Å². The summed E-state index contributed by atoms with van der Waals surface area (Å²) in [5.74, 6) is -0.982. The highest BCUT2D eigenvalue weighted by atomic mass is 16.5. The van der Waals surface area contributed by atoms with Gasteiger partial charge in [-0.2, -0.15) is 0 Å². The second-order valence-electron chi connectivity index (χ2n) is 4.44. The van der Waals surface area contributed by atoms with E-state index in [1.165, 1.54) is 14.2 Å². The van der Waals surface area contributed by atoms with Gasteiger partial charge in [-0.05, 0) is 17.5 Å². The number of esters is 2. The van der Waals surface area contributed by atoms with Crippen molar-refractivity contribution < 1.29 is 19.1 Å². The fraction of sp³-hybridized carbons (Fsp3) is 0.333. The maximum atomic E-state index is 11.7. The Balaban J connectivity index is 3.11. The van der Waals surface area contributed by atoms with Crippen LogP contribution in [0.3, 0.4) is 0 Å². The van der Waals surface area contributed by atoms with E-state index in [0.717, 1.165) is 17.3 Å². The van der Waals surface area contributed by atoms with E-state index in [9.17, 15) is 9.59 Å². The van der Waals surface area contributed by atoms with Crippen molar-refractivity contribution in [2.24, 2.45) is 0 Å². The zero-order chi connectivity index (χ0) is 15.1. The van der Waals surface area contributed by atoms with E-state index < -0.39 is 11.9 Å². The zero-order valence-electron chi connectivity index (χ0n) is 12.1. The molecule has 0 saturated heterocycles. The first-order valence-corrected chi connectivity index (χ1v) is 6.23. The van der Waals surface area contributed by atoms with Gasteiger partial charge in [-0.15, -0.1) is 0 Å². The Labute approximate surface area is 118 Å². The van der Waals surface area contributed by atoms with Crippen molar-refractivity contribution in [3.8, 4) is 0 Å². The number of nitrogens with one attached hydrogen (secondary N) is 1. The van der Waals surface area contributed by atoms with Gasteiger partial charge in [0.1, 0.15) is 5.70 Å². The van der Waals surface area contributed by atoms with Crippen molar-refractivity contribution >= 4 is 17.6 Å². The van der Waals surface area contributed by atoms with E-state index in [1.807, 2.05) is 38.1 Å². The summed E-state index contributed by atoms with van der Waals surface area (Å²) in [6, 6.07) is 7.56. The van der Waals surface area contributed by atoms with Crippen LogP contribution in [0.1, 0.15) is 25.3 Å². The lowest BCUT2D eigenvalue weighted by atomic mass is 10.0. The number of hydrogen-bond donors (Lipinski definition) is 1. The minimum Gasteiger partial charge on any atom is -0.466 e. The van der Waals surface area contributed by atoms with Crippen LogP contribution in [0, 0.1) is 0 Å². The number of para-hydroxylation sites is 1. The SMILES string of the molecule is COC(=O)/C=C(/Nc1ccccc1C(C)C)C(=O)OC. The monoisotopic (exact) mass is 277 g/mol. The van der Waals surface area contributed by atoms with Crippen LogP contribution in [0.2, 0.25) is 0 Å². The van der Waals surface area contributed by atoms with Gasteiger partial charge in [0, 0.05) is 5.69 Å². The molecule has 1 aromatic rings. The molecule has 1 N–H and O–H groups in total. The molecular weight excluding hydrogens is 258 g/mol. The van der Waals surface area contributed by atoms with Gasteiger partial charge in [0.2, 0.25) is 0 Å². The second-order valence-corrected chi connectivity index (χ2v) is 4.44. The van der Waals surface area contributed by atoms with Crippen LogP contribution >= 0.6 is 0 Å².